The van der Waals surface area contributed by atoms with Crippen molar-refractivity contribution in [1.82, 2.24) is 10.4 Å². The zero-order valence-electron chi connectivity index (χ0n) is 15.6. The molecule has 3 N–H and O–H groups in total. The van der Waals surface area contributed by atoms with Gasteiger partial charge in [-0.3, -0.25) is 5.43 Å². The predicted octanol–water partition coefficient (Wildman–Crippen LogP) is 3.62. The van der Waals surface area contributed by atoms with Gasteiger partial charge in [0.15, 0.2) is 0 Å². The van der Waals surface area contributed by atoms with Gasteiger partial charge in [-0.15, -0.1) is 0 Å². The summed E-state index contributed by atoms with van der Waals surface area (Å²) in [5, 5.41) is 21.5. The number of aliphatic hydroxyl groups is 2. The molecular weight excluding hydrogens is 300 g/mol. The third kappa shape index (κ3) is 5.69. The maximum Gasteiger partial charge on any atom is 0.0431 e. The quantitative estimate of drug-likeness (QED) is 0.662. The highest BCUT2D eigenvalue weighted by Crippen LogP contribution is 2.42. The van der Waals surface area contributed by atoms with Gasteiger partial charge in [-0.05, 0) is 57.3 Å². The first-order valence-corrected chi connectivity index (χ1v) is 10.6. The highest BCUT2D eigenvalue weighted by molar-refractivity contribution is 4.96. The third-order valence-electron chi connectivity index (χ3n) is 6.30. The fourth-order valence-electron chi connectivity index (χ4n) is 5.03. The number of hydrazine groups is 1. The van der Waals surface area contributed by atoms with E-state index in [2.05, 4.69) is 10.4 Å². The first kappa shape index (κ1) is 20.2. The van der Waals surface area contributed by atoms with Gasteiger partial charge in [0.05, 0.1) is 0 Å². The van der Waals surface area contributed by atoms with Crippen LogP contribution < -0.4 is 5.43 Å². The molecule has 24 heavy (non-hydrogen) atoms. The van der Waals surface area contributed by atoms with Crippen LogP contribution in [0.25, 0.3) is 0 Å². The van der Waals surface area contributed by atoms with Crippen molar-refractivity contribution in [3.8, 4) is 0 Å². The van der Waals surface area contributed by atoms with Crippen molar-refractivity contribution in [3.63, 3.8) is 0 Å². The predicted molar refractivity (Wildman–Crippen MR) is 99.7 cm³/mol. The van der Waals surface area contributed by atoms with E-state index in [1.54, 1.807) is 0 Å². The van der Waals surface area contributed by atoms with E-state index >= 15 is 0 Å². The monoisotopic (exact) mass is 340 g/mol. The van der Waals surface area contributed by atoms with Crippen LogP contribution in [0.15, 0.2) is 0 Å². The van der Waals surface area contributed by atoms with Crippen molar-refractivity contribution in [2.45, 2.75) is 95.4 Å². The summed E-state index contributed by atoms with van der Waals surface area (Å²) in [5.74, 6) is 0.642. The molecule has 1 aliphatic carbocycles. The van der Waals surface area contributed by atoms with Gasteiger partial charge in [-0.1, -0.05) is 38.5 Å². The summed E-state index contributed by atoms with van der Waals surface area (Å²) >= 11 is 0. The fourth-order valence-corrected chi connectivity index (χ4v) is 5.03. The molecule has 1 saturated heterocycles. The molecule has 1 saturated carbocycles. The van der Waals surface area contributed by atoms with Crippen LogP contribution in [0.2, 0.25) is 0 Å². The van der Waals surface area contributed by atoms with E-state index < -0.39 is 0 Å². The van der Waals surface area contributed by atoms with Crippen LogP contribution in [0.1, 0.15) is 89.9 Å². The first-order chi connectivity index (χ1) is 11.8. The highest BCUT2D eigenvalue weighted by Gasteiger charge is 2.42. The number of nitrogens with one attached hydrogen (secondary N) is 1. The van der Waals surface area contributed by atoms with Crippen molar-refractivity contribution in [3.05, 3.63) is 0 Å². The lowest BCUT2D eigenvalue weighted by molar-refractivity contribution is -0.0463. The van der Waals surface area contributed by atoms with Gasteiger partial charge in [0.25, 0.3) is 0 Å². The van der Waals surface area contributed by atoms with Gasteiger partial charge in [0, 0.05) is 31.8 Å². The molecule has 2 unspecified atom stereocenters. The van der Waals surface area contributed by atoms with Gasteiger partial charge < -0.3 is 10.2 Å². The Hall–Kier alpha value is -0.160. The van der Waals surface area contributed by atoms with E-state index in [1.807, 2.05) is 0 Å². The van der Waals surface area contributed by atoms with Crippen LogP contribution in [-0.2, 0) is 0 Å². The first-order valence-electron chi connectivity index (χ1n) is 10.6. The van der Waals surface area contributed by atoms with Crippen LogP contribution in [0.3, 0.4) is 0 Å². The Bertz CT molecular complexity index is 297. The van der Waals surface area contributed by atoms with Crippen LogP contribution in [0.4, 0.5) is 0 Å². The molecule has 1 heterocycles. The Morgan fingerprint density at radius 1 is 0.875 bits per heavy atom. The molecule has 2 atom stereocenters. The highest BCUT2D eigenvalue weighted by atomic mass is 16.3. The second-order valence-electron chi connectivity index (χ2n) is 7.92. The summed E-state index contributed by atoms with van der Waals surface area (Å²) < 4.78 is 0. The van der Waals surface area contributed by atoms with Crippen LogP contribution in [0, 0.1) is 5.92 Å². The molecule has 1 aliphatic heterocycles. The van der Waals surface area contributed by atoms with Crippen molar-refractivity contribution in [2.75, 3.05) is 26.3 Å². The van der Waals surface area contributed by atoms with Crippen molar-refractivity contribution >= 4 is 0 Å². The largest absolute Gasteiger partial charge is 0.396 e. The van der Waals surface area contributed by atoms with Gasteiger partial charge in [0.2, 0.25) is 0 Å². The van der Waals surface area contributed by atoms with E-state index in [-0.39, 0.29) is 5.54 Å². The lowest BCUT2D eigenvalue weighted by Crippen LogP contribution is -2.60. The maximum absolute atomic E-state index is 9.52. The lowest BCUT2D eigenvalue weighted by Gasteiger charge is -2.51. The molecule has 0 aromatic heterocycles. The molecule has 4 heteroatoms. The molecule has 2 aliphatic rings. The zero-order valence-corrected chi connectivity index (χ0v) is 15.6. The Labute approximate surface area is 149 Å². The molecule has 142 valence electrons. The standard InChI is InChI=1S/C20H40N2O2/c23-17-9-12-19-11-5-1-2-6-13-20(19,14-10-18-24)22-16-8-4-3-7-15-21-22/h19,21,23-24H,1-18H2. The summed E-state index contributed by atoms with van der Waals surface area (Å²) in [5.41, 5.74) is 3.96. The molecule has 0 bridgehead atoms. The molecule has 0 amide bonds. The van der Waals surface area contributed by atoms with E-state index in [0.717, 1.165) is 38.8 Å². The minimum Gasteiger partial charge on any atom is -0.396 e. The minimum absolute atomic E-state index is 0.176. The van der Waals surface area contributed by atoms with Crippen LogP contribution in [-0.4, -0.2) is 47.1 Å². The number of rotatable bonds is 7. The Morgan fingerprint density at radius 3 is 2.46 bits per heavy atom. The van der Waals surface area contributed by atoms with Crippen LogP contribution >= 0.6 is 0 Å². The maximum atomic E-state index is 9.52. The summed E-state index contributed by atoms with van der Waals surface area (Å²) in [6.07, 6.45) is 17.1. The number of hydrogen-bond acceptors (Lipinski definition) is 4. The fraction of sp³-hybridized carbons (Fsp3) is 1.00. The van der Waals surface area contributed by atoms with Crippen molar-refractivity contribution in [1.29, 1.82) is 0 Å². The van der Waals surface area contributed by atoms with Crippen LogP contribution in [0.5, 0.6) is 0 Å². The average molecular weight is 341 g/mol. The van der Waals surface area contributed by atoms with Gasteiger partial charge in [-0.2, -0.15) is 0 Å². The van der Waals surface area contributed by atoms with Gasteiger partial charge >= 0.3 is 0 Å². The van der Waals surface area contributed by atoms with Crippen molar-refractivity contribution in [2.24, 2.45) is 5.92 Å². The Balaban J connectivity index is 2.22. The summed E-state index contributed by atoms with van der Waals surface area (Å²) in [4.78, 5) is 0. The Kier molecular flexibility index (Phi) is 9.62. The SMILES string of the molecule is OCCCC1CCCCCCC1(CCCO)N1CCCCCCN1. The molecular formula is C20H40N2O2. The smallest absolute Gasteiger partial charge is 0.0431 e. The van der Waals surface area contributed by atoms with E-state index in [1.165, 1.54) is 64.2 Å². The number of nitrogens with zero attached hydrogens (tertiary/aromatic N) is 1. The third-order valence-corrected chi connectivity index (χ3v) is 6.30. The molecule has 0 spiro atoms. The second-order valence-corrected chi connectivity index (χ2v) is 7.92. The zero-order chi connectivity index (χ0) is 17.1. The lowest BCUT2D eigenvalue weighted by atomic mass is 9.70. The Morgan fingerprint density at radius 2 is 1.62 bits per heavy atom. The summed E-state index contributed by atoms with van der Waals surface area (Å²) in [7, 11) is 0. The topological polar surface area (TPSA) is 55.7 Å². The van der Waals surface area contributed by atoms with Gasteiger partial charge in [-0.25, -0.2) is 5.01 Å². The molecule has 0 radical (unpaired) electrons. The molecule has 2 rings (SSSR count). The molecule has 4 nitrogen and oxygen atoms in total. The number of hydrogen-bond donors (Lipinski definition) is 3. The molecule has 2 fully saturated rings. The molecule has 0 aromatic rings. The summed E-state index contributed by atoms with van der Waals surface area (Å²) in [6.45, 7) is 2.83. The van der Waals surface area contributed by atoms with E-state index in [4.69, 9.17) is 0 Å². The van der Waals surface area contributed by atoms with Crippen molar-refractivity contribution < 1.29 is 10.2 Å². The number of aliphatic hydroxyl groups excluding tert-OH is 2. The van der Waals surface area contributed by atoms with Gasteiger partial charge in [0.1, 0.15) is 0 Å². The average Bonchev–Trinajstić information content (AvgIpc) is 2.54. The van der Waals surface area contributed by atoms with E-state index in [9.17, 15) is 10.2 Å². The second kappa shape index (κ2) is 11.5. The summed E-state index contributed by atoms with van der Waals surface area (Å²) in [6, 6.07) is 0. The van der Waals surface area contributed by atoms with E-state index in [0.29, 0.717) is 19.1 Å². The normalized spacial score (nSPS) is 31.0. The molecule has 0 aromatic carbocycles. The minimum atomic E-state index is 0.176.